The molecule has 1 aromatic rings. The summed E-state index contributed by atoms with van der Waals surface area (Å²) in [6.07, 6.45) is 1.56. The first-order valence-corrected chi connectivity index (χ1v) is 6.50. The van der Waals surface area contributed by atoms with E-state index in [0.29, 0.717) is 11.2 Å². The van der Waals surface area contributed by atoms with E-state index in [4.69, 9.17) is 0 Å². The smallest absolute Gasteiger partial charge is 0.178 e. The van der Waals surface area contributed by atoms with E-state index in [1.54, 1.807) is 24.3 Å². The highest BCUT2D eigenvalue weighted by Crippen LogP contribution is 2.13. The Hall–Kier alpha value is -1.16. The molecule has 0 fully saturated rings. The van der Waals surface area contributed by atoms with Crippen LogP contribution >= 0.6 is 0 Å². The Balaban J connectivity index is 2.90. The first-order chi connectivity index (χ1) is 7.10. The van der Waals surface area contributed by atoms with Gasteiger partial charge in [0.2, 0.25) is 0 Å². The largest absolute Gasteiger partial charge is 0.303 e. The fraction of sp³-hybridized carbons (Fsp3) is 0.364. The summed E-state index contributed by atoms with van der Waals surface area (Å²) >= 11 is 0. The van der Waals surface area contributed by atoms with Gasteiger partial charge in [-0.3, -0.25) is 0 Å². The van der Waals surface area contributed by atoms with Gasteiger partial charge >= 0.3 is 0 Å². The Kier molecular flexibility index (Phi) is 4.03. The zero-order valence-electron chi connectivity index (χ0n) is 8.64. The summed E-state index contributed by atoms with van der Waals surface area (Å²) in [5.41, 5.74) is 1.10. The summed E-state index contributed by atoms with van der Waals surface area (Å²) in [7, 11) is -3.28. The summed E-state index contributed by atoms with van der Waals surface area (Å²) in [6.45, 7) is 2.01. The molecule has 0 aliphatic carbocycles. The highest BCUT2D eigenvalue weighted by molar-refractivity contribution is 7.91. The molecule has 82 valence electrons. The van der Waals surface area contributed by atoms with Crippen LogP contribution in [0.2, 0.25) is 0 Å². The predicted molar refractivity (Wildman–Crippen MR) is 58.6 cm³/mol. The normalized spacial score (nSPS) is 11.3. The summed E-state index contributed by atoms with van der Waals surface area (Å²) in [5.74, 6) is -0.109. The van der Waals surface area contributed by atoms with Crippen molar-refractivity contribution in [3.8, 4) is 0 Å². The van der Waals surface area contributed by atoms with Gasteiger partial charge in [0, 0.05) is 6.42 Å². The average Bonchev–Trinajstić information content (AvgIpc) is 2.26. The molecule has 0 bridgehead atoms. The lowest BCUT2D eigenvalue weighted by atomic mass is 10.2. The number of rotatable bonds is 5. The topological polar surface area (TPSA) is 51.2 Å². The zero-order valence-corrected chi connectivity index (χ0v) is 9.46. The summed E-state index contributed by atoms with van der Waals surface area (Å²) < 4.78 is 23.3. The maximum absolute atomic E-state index is 11.6. The second kappa shape index (κ2) is 5.07. The van der Waals surface area contributed by atoms with E-state index in [1.807, 2.05) is 6.92 Å². The molecule has 1 aromatic carbocycles. The zero-order chi connectivity index (χ0) is 11.3. The number of sulfone groups is 1. The van der Waals surface area contributed by atoms with Crippen LogP contribution in [-0.2, 0) is 21.1 Å². The van der Waals surface area contributed by atoms with Crippen LogP contribution in [0.3, 0.4) is 0 Å². The molecular weight excluding hydrogens is 212 g/mol. The van der Waals surface area contributed by atoms with Crippen molar-refractivity contribution in [1.29, 1.82) is 0 Å². The van der Waals surface area contributed by atoms with Gasteiger partial charge in [0.05, 0.1) is 10.6 Å². The maximum atomic E-state index is 11.6. The summed E-state index contributed by atoms with van der Waals surface area (Å²) in [6, 6.07) is 6.79. The molecular formula is C11H14O3S. The first kappa shape index (κ1) is 11.9. The monoisotopic (exact) mass is 226 g/mol. The molecule has 3 nitrogen and oxygen atoms in total. The van der Waals surface area contributed by atoms with Crippen LogP contribution in [0, 0.1) is 0 Å². The van der Waals surface area contributed by atoms with Gasteiger partial charge in [0.25, 0.3) is 0 Å². The van der Waals surface area contributed by atoms with E-state index in [9.17, 15) is 13.2 Å². The van der Waals surface area contributed by atoms with Gasteiger partial charge < -0.3 is 4.79 Å². The fourth-order valence-electron chi connectivity index (χ4n) is 1.25. The number of aryl methyl sites for hydroxylation is 1. The van der Waals surface area contributed by atoms with Gasteiger partial charge in [0.15, 0.2) is 9.84 Å². The SMILES string of the molecule is CCc1ccc(S(=O)(=O)CCC=O)cc1. The summed E-state index contributed by atoms with van der Waals surface area (Å²) in [4.78, 5) is 10.4. The minimum Gasteiger partial charge on any atom is -0.303 e. The molecule has 0 saturated heterocycles. The third-order valence-corrected chi connectivity index (χ3v) is 3.96. The van der Waals surface area contributed by atoms with E-state index >= 15 is 0 Å². The lowest BCUT2D eigenvalue weighted by Crippen LogP contribution is -2.07. The van der Waals surface area contributed by atoms with Crippen molar-refractivity contribution in [3.63, 3.8) is 0 Å². The summed E-state index contributed by atoms with van der Waals surface area (Å²) in [5, 5.41) is 0. The molecule has 0 N–H and O–H groups in total. The third-order valence-electron chi connectivity index (χ3n) is 2.20. The van der Waals surface area contributed by atoms with Crippen LogP contribution in [0.5, 0.6) is 0 Å². The second-order valence-corrected chi connectivity index (χ2v) is 5.38. The van der Waals surface area contributed by atoms with Crippen molar-refractivity contribution in [2.45, 2.75) is 24.7 Å². The molecule has 15 heavy (non-hydrogen) atoms. The Morgan fingerprint density at radius 2 is 1.80 bits per heavy atom. The minimum atomic E-state index is -3.28. The molecule has 0 aliphatic rings. The van der Waals surface area contributed by atoms with E-state index in [1.165, 1.54) is 0 Å². The van der Waals surface area contributed by atoms with Crippen LogP contribution in [-0.4, -0.2) is 20.5 Å². The molecule has 0 saturated carbocycles. The Morgan fingerprint density at radius 3 is 2.27 bits per heavy atom. The number of aldehydes is 1. The Bertz CT molecular complexity index is 418. The lowest BCUT2D eigenvalue weighted by molar-refractivity contribution is -0.107. The number of hydrogen-bond acceptors (Lipinski definition) is 3. The number of hydrogen-bond donors (Lipinski definition) is 0. The average molecular weight is 226 g/mol. The molecule has 0 aliphatic heterocycles. The molecule has 0 atom stereocenters. The van der Waals surface area contributed by atoms with E-state index in [-0.39, 0.29) is 12.2 Å². The molecule has 4 heteroatoms. The second-order valence-electron chi connectivity index (χ2n) is 3.27. The van der Waals surface area contributed by atoms with Crippen LogP contribution in [0.1, 0.15) is 18.9 Å². The molecule has 0 heterocycles. The van der Waals surface area contributed by atoms with E-state index in [2.05, 4.69) is 0 Å². The van der Waals surface area contributed by atoms with Crippen molar-refractivity contribution >= 4 is 16.1 Å². The third kappa shape index (κ3) is 3.16. The standard InChI is InChI=1S/C11H14O3S/c1-2-10-4-6-11(7-5-10)15(13,14)9-3-8-12/h4-8H,2-3,9H2,1H3. The van der Waals surface area contributed by atoms with Gasteiger partial charge in [-0.2, -0.15) is 0 Å². The van der Waals surface area contributed by atoms with Gasteiger partial charge in [-0.1, -0.05) is 19.1 Å². The van der Waals surface area contributed by atoms with Crippen molar-refractivity contribution in [2.24, 2.45) is 0 Å². The maximum Gasteiger partial charge on any atom is 0.178 e. The van der Waals surface area contributed by atoms with Gasteiger partial charge in [-0.05, 0) is 24.1 Å². The predicted octanol–water partition coefficient (Wildman–Crippen LogP) is 1.61. The molecule has 1 rings (SSSR count). The van der Waals surface area contributed by atoms with Gasteiger partial charge in [0.1, 0.15) is 6.29 Å². The van der Waals surface area contributed by atoms with Crippen molar-refractivity contribution < 1.29 is 13.2 Å². The Morgan fingerprint density at radius 1 is 1.20 bits per heavy atom. The number of carbonyl (C=O) groups is 1. The lowest BCUT2D eigenvalue weighted by Gasteiger charge is -2.03. The highest BCUT2D eigenvalue weighted by Gasteiger charge is 2.12. The number of benzene rings is 1. The van der Waals surface area contributed by atoms with Crippen molar-refractivity contribution in [2.75, 3.05) is 5.75 Å². The van der Waals surface area contributed by atoms with Gasteiger partial charge in [-0.25, -0.2) is 8.42 Å². The van der Waals surface area contributed by atoms with E-state index < -0.39 is 9.84 Å². The quantitative estimate of drug-likeness (QED) is 0.717. The molecule has 0 spiro atoms. The highest BCUT2D eigenvalue weighted by atomic mass is 32.2. The van der Waals surface area contributed by atoms with E-state index in [0.717, 1.165) is 12.0 Å². The van der Waals surface area contributed by atoms with Crippen LogP contribution < -0.4 is 0 Å². The number of carbonyl (C=O) groups excluding carboxylic acids is 1. The molecule has 0 aromatic heterocycles. The van der Waals surface area contributed by atoms with Crippen molar-refractivity contribution in [3.05, 3.63) is 29.8 Å². The molecule has 0 amide bonds. The molecule has 0 unspecified atom stereocenters. The van der Waals surface area contributed by atoms with Crippen LogP contribution in [0.4, 0.5) is 0 Å². The molecule has 0 radical (unpaired) electrons. The minimum absolute atomic E-state index is 0.0534. The Labute approximate surface area is 90.0 Å². The van der Waals surface area contributed by atoms with Crippen LogP contribution in [0.15, 0.2) is 29.2 Å². The first-order valence-electron chi connectivity index (χ1n) is 4.85. The van der Waals surface area contributed by atoms with Crippen LogP contribution in [0.25, 0.3) is 0 Å². The fourth-order valence-corrected chi connectivity index (χ4v) is 2.45. The van der Waals surface area contributed by atoms with Crippen molar-refractivity contribution in [1.82, 2.24) is 0 Å². The van der Waals surface area contributed by atoms with Gasteiger partial charge in [-0.15, -0.1) is 0 Å².